The summed E-state index contributed by atoms with van der Waals surface area (Å²) < 4.78 is 27.6. The van der Waals surface area contributed by atoms with Crippen LogP contribution in [0.25, 0.3) is 0 Å². The summed E-state index contributed by atoms with van der Waals surface area (Å²) in [5.74, 6) is -0.175. The molecule has 3 rings (SSSR count). The average molecular weight is 394 g/mol. The van der Waals surface area contributed by atoms with Gasteiger partial charge in [-0.2, -0.15) is 4.31 Å². The van der Waals surface area contributed by atoms with E-state index in [0.29, 0.717) is 44.8 Å². The lowest BCUT2D eigenvalue weighted by atomic mass is 10.1. The van der Waals surface area contributed by atoms with Crippen molar-refractivity contribution in [3.63, 3.8) is 0 Å². The van der Waals surface area contributed by atoms with Crippen molar-refractivity contribution in [3.05, 3.63) is 29.3 Å². The predicted octanol–water partition coefficient (Wildman–Crippen LogP) is 1.47. The highest BCUT2D eigenvalue weighted by atomic mass is 32.2. The quantitative estimate of drug-likeness (QED) is 0.726. The van der Waals surface area contributed by atoms with Gasteiger partial charge in [0.05, 0.1) is 4.90 Å². The predicted molar refractivity (Wildman–Crippen MR) is 102 cm³/mol. The monoisotopic (exact) mass is 393 g/mol. The largest absolute Gasteiger partial charge is 0.342 e. The van der Waals surface area contributed by atoms with Crippen LogP contribution < -0.4 is 0 Å². The van der Waals surface area contributed by atoms with Crippen LogP contribution in [-0.4, -0.2) is 74.1 Å². The number of nitrogens with zero attached hydrogens (tertiary/aromatic N) is 3. The van der Waals surface area contributed by atoms with Crippen molar-refractivity contribution in [1.29, 1.82) is 0 Å². The van der Waals surface area contributed by atoms with Gasteiger partial charge in [0, 0.05) is 44.8 Å². The number of carbonyl (C=O) groups is 2. The highest BCUT2D eigenvalue weighted by molar-refractivity contribution is 7.89. The van der Waals surface area contributed by atoms with Crippen molar-refractivity contribution < 1.29 is 18.0 Å². The van der Waals surface area contributed by atoms with Crippen LogP contribution in [-0.2, 0) is 14.8 Å². The van der Waals surface area contributed by atoms with Gasteiger partial charge in [0.25, 0.3) is 5.91 Å². The topological polar surface area (TPSA) is 78.0 Å². The Morgan fingerprint density at radius 3 is 2.19 bits per heavy atom. The molecular weight excluding hydrogens is 366 g/mol. The number of hydrogen-bond acceptors (Lipinski definition) is 4. The Bertz CT molecular complexity index is 793. The third kappa shape index (κ3) is 4.32. The Kier molecular flexibility index (Phi) is 6.16. The molecule has 0 unspecified atom stereocenters. The number of amides is 2. The lowest BCUT2D eigenvalue weighted by molar-refractivity contribution is -0.119. The molecule has 2 heterocycles. The maximum Gasteiger partial charge on any atom is 0.254 e. The van der Waals surface area contributed by atoms with Crippen molar-refractivity contribution >= 4 is 22.3 Å². The molecule has 0 radical (unpaired) electrons. The van der Waals surface area contributed by atoms with E-state index in [1.54, 1.807) is 26.2 Å². The molecule has 0 aromatic heterocycles. The summed E-state index contributed by atoms with van der Waals surface area (Å²) in [7, 11) is -3.59. The number of hydrogen-bond donors (Lipinski definition) is 0. The summed E-state index contributed by atoms with van der Waals surface area (Å²) in [6.45, 7) is 4.80. The molecule has 0 N–H and O–H groups in total. The van der Waals surface area contributed by atoms with Crippen molar-refractivity contribution in [3.8, 4) is 0 Å². The molecule has 0 bridgehead atoms. The Labute approximate surface area is 161 Å². The van der Waals surface area contributed by atoms with Gasteiger partial charge in [-0.05, 0) is 37.5 Å². The van der Waals surface area contributed by atoms with Crippen LogP contribution in [0.3, 0.4) is 0 Å². The molecule has 0 saturated carbocycles. The molecule has 2 aliphatic rings. The molecule has 8 heteroatoms. The average Bonchev–Trinajstić information content (AvgIpc) is 2.98. The Morgan fingerprint density at radius 1 is 0.963 bits per heavy atom. The van der Waals surface area contributed by atoms with E-state index in [9.17, 15) is 18.0 Å². The van der Waals surface area contributed by atoms with E-state index in [1.165, 1.54) is 6.07 Å². The highest BCUT2D eigenvalue weighted by Crippen LogP contribution is 2.23. The Morgan fingerprint density at radius 2 is 1.59 bits per heavy atom. The summed E-state index contributed by atoms with van der Waals surface area (Å²) in [4.78, 5) is 27.3. The fourth-order valence-corrected chi connectivity index (χ4v) is 5.17. The van der Waals surface area contributed by atoms with Crippen LogP contribution in [0.4, 0.5) is 0 Å². The van der Waals surface area contributed by atoms with Crippen LogP contribution in [0.5, 0.6) is 0 Å². The minimum atomic E-state index is -3.59. The molecule has 0 aliphatic carbocycles. The molecule has 0 spiro atoms. The van der Waals surface area contributed by atoms with Gasteiger partial charge in [-0.1, -0.05) is 18.9 Å². The first-order chi connectivity index (χ1) is 12.9. The lowest BCUT2D eigenvalue weighted by Gasteiger charge is -2.33. The zero-order valence-corrected chi connectivity index (χ0v) is 16.6. The van der Waals surface area contributed by atoms with Gasteiger partial charge in [-0.3, -0.25) is 9.59 Å². The third-order valence-corrected chi connectivity index (χ3v) is 7.29. The summed E-state index contributed by atoms with van der Waals surface area (Å²) in [5, 5.41) is 0. The molecule has 2 amide bonds. The smallest absolute Gasteiger partial charge is 0.254 e. The number of sulfonamides is 1. The van der Waals surface area contributed by atoms with Crippen molar-refractivity contribution in [2.24, 2.45) is 0 Å². The molecule has 7 nitrogen and oxygen atoms in total. The van der Waals surface area contributed by atoms with Crippen LogP contribution in [0, 0.1) is 6.92 Å². The molecular formula is C19H27N3O4S. The zero-order valence-electron chi connectivity index (χ0n) is 15.8. The molecule has 0 atom stereocenters. The maximum atomic E-state index is 13.0. The van der Waals surface area contributed by atoms with Crippen LogP contribution >= 0.6 is 0 Å². The summed E-state index contributed by atoms with van der Waals surface area (Å²) >= 11 is 0. The summed E-state index contributed by atoms with van der Waals surface area (Å²) in [5.41, 5.74) is 1.18. The van der Waals surface area contributed by atoms with Crippen LogP contribution in [0.15, 0.2) is 23.1 Å². The van der Waals surface area contributed by atoms with Gasteiger partial charge >= 0.3 is 0 Å². The van der Waals surface area contributed by atoms with Crippen molar-refractivity contribution in [2.45, 2.75) is 37.5 Å². The first kappa shape index (κ1) is 19.8. The van der Waals surface area contributed by atoms with E-state index >= 15 is 0 Å². The van der Waals surface area contributed by atoms with E-state index in [-0.39, 0.29) is 10.8 Å². The first-order valence-corrected chi connectivity index (χ1v) is 11.0. The number of benzene rings is 1. The van der Waals surface area contributed by atoms with Gasteiger partial charge in [0.1, 0.15) is 0 Å². The highest BCUT2D eigenvalue weighted by Gasteiger charge is 2.28. The number of rotatable bonds is 4. The zero-order chi connectivity index (χ0) is 19.4. The van der Waals surface area contributed by atoms with E-state index in [1.807, 2.05) is 6.92 Å². The minimum Gasteiger partial charge on any atom is -0.342 e. The van der Waals surface area contributed by atoms with E-state index < -0.39 is 10.0 Å². The van der Waals surface area contributed by atoms with Crippen LogP contribution in [0.2, 0.25) is 0 Å². The van der Waals surface area contributed by atoms with E-state index in [0.717, 1.165) is 37.7 Å². The minimum absolute atomic E-state index is 0.175. The number of aryl methyl sites for hydroxylation is 1. The second kappa shape index (κ2) is 8.39. The first-order valence-electron chi connectivity index (χ1n) is 9.53. The summed E-state index contributed by atoms with van der Waals surface area (Å²) in [6, 6.07) is 4.82. The third-order valence-electron chi connectivity index (χ3n) is 5.39. The van der Waals surface area contributed by atoms with E-state index in [2.05, 4.69) is 0 Å². The van der Waals surface area contributed by atoms with E-state index in [4.69, 9.17) is 0 Å². The molecule has 2 saturated heterocycles. The van der Waals surface area contributed by atoms with Gasteiger partial charge in [-0.15, -0.1) is 0 Å². The van der Waals surface area contributed by atoms with Gasteiger partial charge < -0.3 is 9.80 Å². The van der Waals surface area contributed by atoms with Gasteiger partial charge in [-0.25, -0.2) is 8.42 Å². The molecule has 2 fully saturated rings. The normalized spacial score (nSPS) is 19.6. The van der Waals surface area contributed by atoms with Crippen molar-refractivity contribution in [1.82, 2.24) is 14.1 Å². The molecule has 148 valence electrons. The second-order valence-corrected chi connectivity index (χ2v) is 9.17. The summed E-state index contributed by atoms with van der Waals surface area (Å²) in [6.07, 6.45) is 4.64. The molecule has 1 aromatic rings. The Balaban J connectivity index is 1.83. The number of piperazine rings is 1. The fraction of sp³-hybridized carbons (Fsp3) is 0.579. The van der Waals surface area contributed by atoms with Gasteiger partial charge in [0.15, 0.2) is 0 Å². The fourth-order valence-electron chi connectivity index (χ4n) is 3.62. The van der Waals surface area contributed by atoms with Gasteiger partial charge in [0.2, 0.25) is 16.4 Å². The number of carbonyl (C=O) groups excluding carboxylic acids is 2. The molecule has 1 aromatic carbocycles. The SMILES string of the molecule is Cc1ccc(S(=O)(=O)N2CCCCCC2)cc1C(=O)N1CCN(C=O)CC1. The van der Waals surface area contributed by atoms with Crippen LogP contribution in [0.1, 0.15) is 41.6 Å². The second-order valence-electron chi connectivity index (χ2n) is 7.23. The lowest BCUT2D eigenvalue weighted by Crippen LogP contribution is -2.48. The molecule has 27 heavy (non-hydrogen) atoms. The Hall–Kier alpha value is -1.93. The standard InChI is InChI=1S/C19H27N3O4S/c1-16-6-7-17(27(25,26)22-8-4-2-3-5-9-22)14-18(16)19(24)21-12-10-20(15-23)11-13-21/h6-7,14-15H,2-5,8-13H2,1H3. The maximum absolute atomic E-state index is 13.0. The van der Waals surface area contributed by atoms with Crippen molar-refractivity contribution in [2.75, 3.05) is 39.3 Å². The molecule has 2 aliphatic heterocycles.